The van der Waals surface area contributed by atoms with Gasteiger partial charge in [-0.2, -0.15) is 0 Å². The number of unbranched alkanes of at least 4 members (excludes halogenated alkanes) is 2. The van der Waals surface area contributed by atoms with E-state index in [4.69, 9.17) is 5.11 Å². The van der Waals surface area contributed by atoms with Gasteiger partial charge in [0, 0.05) is 6.42 Å². The molecule has 0 saturated carbocycles. The number of carbonyl (C=O) groups is 1. The van der Waals surface area contributed by atoms with Crippen molar-refractivity contribution in [2.24, 2.45) is 0 Å². The van der Waals surface area contributed by atoms with Gasteiger partial charge in [0.25, 0.3) is 0 Å². The number of rotatable bonds is 4. The fourth-order valence-corrected chi connectivity index (χ4v) is 0.526. The second kappa shape index (κ2) is 9.11. The fraction of sp³-hybridized carbons (Fsp3) is 0.833. The molecule has 0 unspecified atom stereocenters. The Labute approximate surface area is 98.4 Å². The predicted molar refractivity (Wildman–Crippen MR) is 38.9 cm³/mol. The molecule has 0 amide bonds. The molecule has 3 heteroatoms. The molecular formula is C6H13KO2. The van der Waals surface area contributed by atoms with Gasteiger partial charge in [-0.3, -0.25) is 4.79 Å². The minimum atomic E-state index is -0.682. The predicted octanol–water partition coefficient (Wildman–Crippen LogP) is 1.00. The Morgan fingerprint density at radius 2 is 2.00 bits per heavy atom. The maximum absolute atomic E-state index is 9.87. The summed E-state index contributed by atoms with van der Waals surface area (Å²) in [7, 11) is 0. The Morgan fingerprint density at radius 1 is 1.44 bits per heavy atom. The van der Waals surface area contributed by atoms with E-state index in [9.17, 15) is 4.79 Å². The molecular weight excluding hydrogens is 143 g/mol. The Hall–Kier alpha value is 1.11. The van der Waals surface area contributed by atoms with Gasteiger partial charge in [0.05, 0.1) is 0 Å². The molecule has 0 aromatic carbocycles. The first-order valence-electron chi connectivity index (χ1n) is 2.99. The first kappa shape index (κ1) is 12.8. The molecule has 0 aliphatic heterocycles. The summed E-state index contributed by atoms with van der Waals surface area (Å²) in [6, 6.07) is 0. The molecule has 0 rings (SSSR count). The molecule has 0 aliphatic carbocycles. The summed E-state index contributed by atoms with van der Waals surface area (Å²) >= 11 is 0. The van der Waals surface area contributed by atoms with Crippen molar-refractivity contribution in [3.8, 4) is 0 Å². The molecule has 9 heavy (non-hydrogen) atoms. The second-order valence-corrected chi connectivity index (χ2v) is 1.85. The third-order valence-corrected chi connectivity index (χ3v) is 0.994. The third kappa shape index (κ3) is 12.3. The van der Waals surface area contributed by atoms with Crippen molar-refractivity contribution in [3.63, 3.8) is 0 Å². The molecule has 0 spiro atoms. The number of hydrogen-bond donors (Lipinski definition) is 1. The molecule has 0 fully saturated rings. The van der Waals surface area contributed by atoms with Crippen LogP contribution in [0.3, 0.4) is 0 Å². The van der Waals surface area contributed by atoms with Crippen LogP contribution in [-0.4, -0.2) is 62.5 Å². The Bertz CT molecular complexity index is 73.5. The van der Waals surface area contributed by atoms with Crippen LogP contribution in [0.4, 0.5) is 0 Å². The van der Waals surface area contributed by atoms with Gasteiger partial charge in [-0.25, -0.2) is 0 Å². The fourth-order valence-electron chi connectivity index (χ4n) is 0.526. The summed E-state index contributed by atoms with van der Waals surface area (Å²) < 4.78 is 0. The summed E-state index contributed by atoms with van der Waals surface area (Å²) in [6.45, 7) is 2.06. The summed E-state index contributed by atoms with van der Waals surface area (Å²) in [4.78, 5) is 9.87. The van der Waals surface area contributed by atoms with E-state index in [1.54, 1.807) is 0 Å². The van der Waals surface area contributed by atoms with Crippen LogP contribution in [0.5, 0.6) is 0 Å². The molecule has 50 valence electrons. The molecule has 0 bridgehead atoms. The van der Waals surface area contributed by atoms with Crippen LogP contribution in [0.1, 0.15) is 32.6 Å². The summed E-state index contributed by atoms with van der Waals surface area (Å²) in [6.07, 6.45) is 3.28. The number of aliphatic carboxylic acids is 1. The van der Waals surface area contributed by atoms with Crippen LogP contribution in [0.25, 0.3) is 0 Å². The molecule has 1 N–H and O–H groups in total. The van der Waals surface area contributed by atoms with Crippen LogP contribution in [0, 0.1) is 0 Å². The molecule has 0 aromatic rings. The van der Waals surface area contributed by atoms with Gasteiger partial charge in [-0.1, -0.05) is 19.8 Å². The monoisotopic (exact) mass is 156 g/mol. The summed E-state index contributed by atoms with van der Waals surface area (Å²) in [5, 5.41) is 8.14. The van der Waals surface area contributed by atoms with Crippen molar-refractivity contribution in [2.75, 3.05) is 0 Å². The molecule has 0 radical (unpaired) electrons. The van der Waals surface area contributed by atoms with Crippen LogP contribution in [-0.2, 0) is 4.79 Å². The second-order valence-electron chi connectivity index (χ2n) is 1.85. The molecule has 0 aliphatic rings. The normalized spacial score (nSPS) is 8.11. The zero-order chi connectivity index (χ0) is 6.41. The first-order valence-corrected chi connectivity index (χ1v) is 2.99. The number of carboxylic acid groups (broad SMARTS) is 1. The average molecular weight is 156 g/mol. The quantitative estimate of drug-likeness (QED) is 0.487. The van der Waals surface area contributed by atoms with Crippen molar-refractivity contribution >= 4 is 57.4 Å². The van der Waals surface area contributed by atoms with Crippen molar-refractivity contribution in [1.29, 1.82) is 0 Å². The zero-order valence-corrected chi connectivity index (χ0v) is 5.18. The van der Waals surface area contributed by atoms with Gasteiger partial charge in [0.1, 0.15) is 0 Å². The van der Waals surface area contributed by atoms with Crippen molar-refractivity contribution < 1.29 is 9.90 Å². The number of hydrogen-bond acceptors (Lipinski definition) is 1. The Morgan fingerprint density at radius 3 is 2.33 bits per heavy atom. The van der Waals surface area contributed by atoms with Crippen LogP contribution >= 0.6 is 0 Å². The topological polar surface area (TPSA) is 37.3 Å². The summed E-state index contributed by atoms with van der Waals surface area (Å²) in [5.41, 5.74) is 0. The number of carboxylic acids is 1. The standard InChI is InChI=1S/C6H12O2.K.H/c1-2-3-4-5-6(7)8;;/h2-5H2,1H3,(H,7,8);;. The molecule has 0 saturated heterocycles. The maximum atomic E-state index is 9.87. The van der Waals surface area contributed by atoms with Crippen LogP contribution in [0.15, 0.2) is 0 Å². The van der Waals surface area contributed by atoms with E-state index < -0.39 is 5.97 Å². The SMILES string of the molecule is CCCCCC(=O)O.[KH]. The van der Waals surface area contributed by atoms with Crippen molar-refractivity contribution in [2.45, 2.75) is 32.6 Å². The average Bonchev–Trinajstić information content (AvgIpc) is 1.66. The zero-order valence-electron chi connectivity index (χ0n) is 5.18. The molecule has 2 nitrogen and oxygen atoms in total. The van der Waals surface area contributed by atoms with E-state index in [1.165, 1.54) is 0 Å². The molecule has 0 heterocycles. The first-order chi connectivity index (χ1) is 3.77. The van der Waals surface area contributed by atoms with E-state index in [2.05, 4.69) is 6.92 Å². The van der Waals surface area contributed by atoms with Gasteiger partial charge < -0.3 is 5.11 Å². The summed E-state index contributed by atoms with van der Waals surface area (Å²) in [5.74, 6) is -0.682. The van der Waals surface area contributed by atoms with Gasteiger partial charge >= 0.3 is 57.4 Å². The third-order valence-electron chi connectivity index (χ3n) is 0.994. The van der Waals surface area contributed by atoms with Gasteiger partial charge in [-0.15, -0.1) is 0 Å². The van der Waals surface area contributed by atoms with E-state index in [0.29, 0.717) is 6.42 Å². The van der Waals surface area contributed by atoms with Crippen molar-refractivity contribution in [1.82, 2.24) is 0 Å². The van der Waals surface area contributed by atoms with Gasteiger partial charge in [-0.05, 0) is 6.42 Å². The Balaban J connectivity index is 0. The van der Waals surface area contributed by atoms with E-state index in [1.807, 2.05) is 0 Å². The van der Waals surface area contributed by atoms with Crippen LogP contribution < -0.4 is 0 Å². The van der Waals surface area contributed by atoms with E-state index in [0.717, 1.165) is 19.3 Å². The molecule has 0 atom stereocenters. The van der Waals surface area contributed by atoms with Crippen LogP contribution in [0.2, 0.25) is 0 Å². The Kier molecular flexibility index (Phi) is 12.9. The molecule has 0 aromatic heterocycles. The van der Waals surface area contributed by atoms with E-state index in [-0.39, 0.29) is 51.4 Å². The van der Waals surface area contributed by atoms with Crippen molar-refractivity contribution in [3.05, 3.63) is 0 Å². The van der Waals surface area contributed by atoms with Gasteiger partial charge in [0.2, 0.25) is 0 Å². The van der Waals surface area contributed by atoms with E-state index >= 15 is 0 Å². The van der Waals surface area contributed by atoms with Gasteiger partial charge in [0.15, 0.2) is 0 Å². The minimum absolute atomic E-state index is 0.